The highest BCUT2D eigenvalue weighted by Gasteiger charge is 2.30. The van der Waals surface area contributed by atoms with Crippen LogP contribution in [0.2, 0.25) is 0 Å². The molecule has 2 atom stereocenters. The monoisotopic (exact) mass is 305 g/mol. The van der Waals surface area contributed by atoms with E-state index in [-0.39, 0.29) is 17.7 Å². The molecule has 4 nitrogen and oxygen atoms in total. The summed E-state index contributed by atoms with van der Waals surface area (Å²) in [5, 5.41) is 2.95. The average molecular weight is 305 g/mol. The molecule has 1 aliphatic heterocycles. The molecule has 0 aliphatic carbocycles. The molecule has 112 valence electrons. The van der Waals surface area contributed by atoms with Crippen molar-refractivity contribution in [2.75, 3.05) is 26.0 Å². The summed E-state index contributed by atoms with van der Waals surface area (Å²) in [5.41, 5.74) is 0. The molecule has 1 N–H and O–H groups in total. The van der Waals surface area contributed by atoms with Gasteiger partial charge in [0, 0.05) is 24.6 Å². The van der Waals surface area contributed by atoms with Gasteiger partial charge in [0.25, 0.3) is 0 Å². The zero-order valence-corrected chi connectivity index (χ0v) is 11.9. The van der Waals surface area contributed by atoms with Crippen LogP contribution in [-0.4, -0.2) is 40.5 Å². The van der Waals surface area contributed by atoms with Gasteiger partial charge in [-0.1, -0.05) is 0 Å². The molecule has 0 saturated carbocycles. The topological polar surface area (TPSA) is 55.4 Å². The molecular formula is C13H17F2NO3S. The van der Waals surface area contributed by atoms with Gasteiger partial charge in [-0.2, -0.15) is 0 Å². The molecule has 0 radical (unpaired) electrons. The Hall–Kier alpha value is -1.05. The summed E-state index contributed by atoms with van der Waals surface area (Å²) in [6.07, 6.45) is 0.771. The van der Waals surface area contributed by atoms with Crippen LogP contribution in [0.15, 0.2) is 23.1 Å². The van der Waals surface area contributed by atoms with E-state index >= 15 is 0 Å². The molecule has 1 heterocycles. The zero-order valence-electron chi connectivity index (χ0n) is 11.1. The number of benzene rings is 1. The van der Waals surface area contributed by atoms with Crippen LogP contribution in [-0.2, 0) is 14.6 Å². The van der Waals surface area contributed by atoms with Crippen molar-refractivity contribution in [3.8, 4) is 0 Å². The molecule has 0 bridgehead atoms. The Bertz CT molecular complexity index is 571. The summed E-state index contributed by atoms with van der Waals surface area (Å²) in [5.74, 6) is -2.00. The van der Waals surface area contributed by atoms with E-state index in [1.54, 1.807) is 7.05 Å². The quantitative estimate of drug-likeness (QED) is 0.835. The van der Waals surface area contributed by atoms with E-state index in [2.05, 4.69) is 5.32 Å². The first-order valence-corrected chi connectivity index (χ1v) is 8.02. The fourth-order valence-corrected chi connectivity index (χ4v) is 4.10. The maximum atomic E-state index is 13.6. The van der Waals surface area contributed by atoms with Crippen LogP contribution in [0, 0.1) is 17.6 Å². The second kappa shape index (κ2) is 6.15. The molecule has 0 amide bonds. The number of hydrogen-bond acceptors (Lipinski definition) is 4. The van der Waals surface area contributed by atoms with Crippen molar-refractivity contribution >= 4 is 9.84 Å². The van der Waals surface area contributed by atoms with Gasteiger partial charge in [-0.05, 0) is 25.6 Å². The fraction of sp³-hybridized carbons (Fsp3) is 0.538. The van der Waals surface area contributed by atoms with E-state index in [0.717, 1.165) is 18.6 Å². The standard InChI is InChI=1S/C13H17F2NO3S/c1-16-12(9-4-5-19-7-9)8-20(17,18)13-3-2-10(14)6-11(13)15/h2-3,6,9,12,16H,4-5,7-8H2,1H3. The van der Waals surface area contributed by atoms with Crippen LogP contribution in [0.5, 0.6) is 0 Å². The van der Waals surface area contributed by atoms with Crippen molar-refractivity contribution in [3.63, 3.8) is 0 Å². The van der Waals surface area contributed by atoms with Gasteiger partial charge < -0.3 is 10.1 Å². The molecule has 2 unspecified atom stereocenters. The van der Waals surface area contributed by atoms with Gasteiger partial charge in [-0.15, -0.1) is 0 Å². The third-order valence-electron chi connectivity index (χ3n) is 3.53. The first-order chi connectivity index (χ1) is 9.44. The third kappa shape index (κ3) is 3.34. The lowest BCUT2D eigenvalue weighted by Gasteiger charge is -2.21. The predicted molar refractivity (Wildman–Crippen MR) is 70.2 cm³/mol. The molecule has 1 saturated heterocycles. The van der Waals surface area contributed by atoms with Crippen LogP contribution < -0.4 is 5.32 Å². The Labute approximate surface area is 117 Å². The first kappa shape index (κ1) is 15.3. The summed E-state index contributed by atoms with van der Waals surface area (Å²) in [6.45, 7) is 1.10. The molecule has 1 aromatic carbocycles. The van der Waals surface area contributed by atoms with Crippen LogP contribution in [0.3, 0.4) is 0 Å². The smallest absolute Gasteiger partial charge is 0.182 e. The van der Waals surface area contributed by atoms with E-state index in [1.165, 1.54) is 0 Å². The van der Waals surface area contributed by atoms with Crippen molar-refractivity contribution in [2.45, 2.75) is 17.4 Å². The molecule has 1 fully saturated rings. The lowest BCUT2D eigenvalue weighted by molar-refractivity contribution is 0.179. The van der Waals surface area contributed by atoms with Gasteiger partial charge in [-0.3, -0.25) is 0 Å². The van der Waals surface area contributed by atoms with E-state index in [4.69, 9.17) is 4.74 Å². The maximum Gasteiger partial charge on any atom is 0.182 e. The molecule has 0 aromatic heterocycles. The molecule has 1 aromatic rings. The second-order valence-electron chi connectivity index (χ2n) is 4.87. The Kier molecular flexibility index (Phi) is 4.72. The Morgan fingerprint density at radius 3 is 2.75 bits per heavy atom. The number of rotatable bonds is 5. The Morgan fingerprint density at radius 1 is 1.45 bits per heavy atom. The van der Waals surface area contributed by atoms with Crippen LogP contribution in [0.4, 0.5) is 8.78 Å². The average Bonchev–Trinajstić information content (AvgIpc) is 2.89. The lowest BCUT2D eigenvalue weighted by atomic mass is 10.0. The largest absolute Gasteiger partial charge is 0.381 e. The number of hydrogen-bond donors (Lipinski definition) is 1. The SMILES string of the molecule is CNC(CS(=O)(=O)c1ccc(F)cc1F)C1CCOC1. The number of nitrogens with one attached hydrogen (secondary N) is 1. The van der Waals surface area contributed by atoms with Crippen molar-refractivity contribution in [3.05, 3.63) is 29.8 Å². The summed E-state index contributed by atoms with van der Waals surface area (Å²) < 4.78 is 56.2. The molecule has 2 rings (SSSR count). The molecular weight excluding hydrogens is 288 g/mol. The minimum Gasteiger partial charge on any atom is -0.381 e. The van der Waals surface area contributed by atoms with Gasteiger partial charge in [0.15, 0.2) is 9.84 Å². The van der Waals surface area contributed by atoms with Crippen LogP contribution in [0.25, 0.3) is 0 Å². The fourth-order valence-electron chi connectivity index (χ4n) is 2.38. The first-order valence-electron chi connectivity index (χ1n) is 6.37. The van der Waals surface area contributed by atoms with E-state index < -0.39 is 26.4 Å². The highest BCUT2D eigenvalue weighted by molar-refractivity contribution is 7.91. The summed E-state index contributed by atoms with van der Waals surface area (Å²) >= 11 is 0. The molecule has 1 aliphatic rings. The number of halogens is 2. The van der Waals surface area contributed by atoms with Gasteiger partial charge in [0.2, 0.25) is 0 Å². The Balaban J connectivity index is 2.21. The molecule has 0 spiro atoms. The predicted octanol–water partition coefficient (Wildman–Crippen LogP) is 1.36. The summed E-state index contributed by atoms with van der Waals surface area (Å²) in [4.78, 5) is -0.460. The minimum atomic E-state index is -3.82. The maximum absolute atomic E-state index is 13.6. The van der Waals surface area contributed by atoms with Crippen molar-refractivity contribution < 1.29 is 21.9 Å². The normalized spacial score (nSPS) is 21.1. The van der Waals surface area contributed by atoms with Crippen LogP contribution in [0.1, 0.15) is 6.42 Å². The summed E-state index contributed by atoms with van der Waals surface area (Å²) in [7, 11) is -2.15. The lowest BCUT2D eigenvalue weighted by Crippen LogP contribution is -2.40. The van der Waals surface area contributed by atoms with Gasteiger partial charge in [-0.25, -0.2) is 17.2 Å². The highest BCUT2D eigenvalue weighted by Crippen LogP contribution is 2.22. The summed E-state index contributed by atoms with van der Waals surface area (Å²) in [6, 6.07) is 2.19. The molecule has 7 heteroatoms. The van der Waals surface area contributed by atoms with E-state index in [0.29, 0.717) is 19.3 Å². The molecule has 20 heavy (non-hydrogen) atoms. The van der Waals surface area contributed by atoms with Crippen molar-refractivity contribution in [1.82, 2.24) is 5.32 Å². The van der Waals surface area contributed by atoms with Crippen molar-refractivity contribution in [2.24, 2.45) is 5.92 Å². The second-order valence-corrected chi connectivity index (χ2v) is 6.88. The van der Waals surface area contributed by atoms with E-state index in [1.807, 2.05) is 0 Å². The van der Waals surface area contributed by atoms with Crippen molar-refractivity contribution in [1.29, 1.82) is 0 Å². The van der Waals surface area contributed by atoms with E-state index in [9.17, 15) is 17.2 Å². The Morgan fingerprint density at radius 2 is 2.20 bits per heavy atom. The van der Waals surface area contributed by atoms with Crippen LogP contribution >= 0.6 is 0 Å². The zero-order chi connectivity index (χ0) is 14.8. The van der Waals surface area contributed by atoms with Gasteiger partial charge in [0.05, 0.1) is 12.4 Å². The highest BCUT2D eigenvalue weighted by atomic mass is 32.2. The number of ether oxygens (including phenoxy) is 1. The van der Waals surface area contributed by atoms with Gasteiger partial charge in [0.1, 0.15) is 16.5 Å². The third-order valence-corrected chi connectivity index (χ3v) is 5.33. The minimum absolute atomic E-state index is 0.0817. The van der Waals surface area contributed by atoms with Gasteiger partial charge >= 0.3 is 0 Å². The number of sulfone groups is 1.